The summed E-state index contributed by atoms with van der Waals surface area (Å²) >= 11 is 11.4. The van der Waals surface area contributed by atoms with Crippen LogP contribution in [0.25, 0.3) is 0 Å². The molecule has 0 aromatic heterocycles. The summed E-state index contributed by atoms with van der Waals surface area (Å²) in [6, 6.07) is 2.19. The molecule has 0 fully saturated rings. The van der Waals surface area contributed by atoms with E-state index in [2.05, 4.69) is 0 Å². The fraction of sp³-hybridized carbons (Fsp3) is 0.200. The lowest BCUT2D eigenvalue weighted by Crippen LogP contribution is -2.35. The fourth-order valence-electron chi connectivity index (χ4n) is 1.36. The zero-order valence-corrected chi connectivity index (χ0v) is 11.2. The Kier molecular flexibility index (Phi) is 4.68. The molecule has 1 rings (SSSR count). The highest BCUT2D eigenvalue weighted by Gasteiger charge is 2.22. The zero-order valence-electron chi connectivity index (χ0n) is 9.72. The predicted octanol–water partition coefficient (Wildman–Crippen LogP) is 1.46. The molecule has 1 aromatic rings. The molecular weight excluding hydrogens is 297 g/mol. The molecule has 0 aliphatic heterocycles. The Morgan fingerprint density at radius 3 is 2.47 bits per heavy atom. The maximum atomic E-state index is 11.9. The van der Waals surface area contributed by atoms with Gasteiger partial charge in [0.1, 0.15) is 5.02 Å². The Labute approximate surface area is 118 Å². The Hall–Kier alpha value is -1.86. The van der Waals surface area contributed by atoms with E-state index in [1.807, 2.05) is 0 Å². The average Bonchev–Trinajstić information content (AvgIpc) is 2.30. The highest BCUT2D eigenvalue weighted by Crippen LogP contribution is 2.33. The van der Waals surface area contributed by atoms with E-state index < -0.39 is 22.4 Å². The highest BCUT2D eigenvalue weighted by molar-refractivity contribution is 6.43. The number of carbonyl (C=O) groups excluding carboxylic acids is 2. The van der Waals surface area contributed by atoms with Gasteiger partial charge in [-0.15, -0.1) is 0 Å². The van der Waals surface area contributed by atoms with E-state index in [4.69, 9.17) is 28.9 Å². The number of hydrogen-bond acceptors (Lipinski definition) is 4. The van der Waals surface area contributed by atoms with Crippen LogP contribution in [0.1, 0.15) is 10.4 Å². The predicted molar refractivity (Wildman–Crippen MR) is 69.3 cm³/mol. The van der Waals surface area contributed by atoms with Crippen molar-refractivity contribution in [2.45, 2.75) is 0 Å². The molecule has 0 saturated carbocycles. The van der Waals surface area contributed by atoms with Gasteiger partial charge in [0.2, 0.25) is 5.91 Å². The van der Waals surface area contributed by atoms with Crippen molar-refractivity contribution in [2.24, 2.45) is 5.73 Å². The lowest BCUT2D eigenvalue weighted by Gasteiger charge is -2.15. The summed E-state index contributed by atoms with van der Waals surface area (Å²) in [6.07, 6.45) is 0. The standard InChI is InChI=1S/C10H9Cl2N3O4/c1-14(4-8(13)16)10(17)5-2-6(11)9(12)7(3-5)15(18)19/h2-3H,4H2,1H3,(H2,13,16). The summed E-state index contributed by atoms with van der Waals surface area (Å²) < 4.78 is 0. The minimum Gasteiger partial charge on any atom is -0.368 e. The molecule has 0 radical (unpaired) electrons. The van der Waals surface area contributed by atoms with Gasteiger partial charge in [0.15, 0.2) is 0 Å². The number of likely N-dealkylation sites (N-methyl/N-ethyl adjacent to an activating group) is 1. The minimum absolute atomic E-state index is 0.0511. The molecule has 2 N–H and O–H groups in total. The van der Waals surface area contributed by atoms with Gasteiger partial charge in [0.05, 0.1) is 16.5 Å². The van der Waals surface area contributed by atoms with Crippen LogP contribution in [-0.2, 0) is 4.79 Å². The maximum Gasteiger partial charge on any atom is 0.290 e. The highest BCUT2D eigenvalue weighted by atomic mass is 35.5. The number of amides is 2. The molecule has 2 amide bonds. The summed E-state index contributed by atoms with van der Waals surface area (Å²) in [7, 11) is 1.33. The van der Waals surface area contributed by atoms with Crippen LogP contribution in [0, 0.1) is 10.1 Å². The number of carbonyl (C=O) groups is 2. The third kappa shape index (κ3) is 3.55. The Bertz CT molecular complexity index is 562. The number of nitro benzene ring substituents is 1. The second-order valence-corrected chi connectivity index (χ2v) is 4.46. The van der Waals surface area contributed by atoms with E-state index in [0.29, 0.717) is 0 Å². The van der Waals surface area contributed by atoms with E-state index in [1.165, 1.54) is 13.1 Å². The van der Waals surface area contributed by atoms with Crippen LogP contribution < -0.4 is 5.73 Å². The van der Waals surface area contributed by atoms with E-state index in [1.54, 1.807) is 0 Å². The topological polar surface area (TPSA) is 107 Å². The minimum atomic E-state index is -0.751. The van der Waals surface area contributed by atoms with E-state index in [0.717, 1.165) is 11.0 Å². The van der Waals surface area contributed by atoms with E-state index in [9.17, 15) is 19.7 Å². The Balaban J connectivity index is 3.18. The molecule has 0 bridgehead atoms. The molecule has 0 saturated heterocycles. The second-order valence-electron chi connectivity index (χ2n) is 3.68. The van der Waals surface area contributed by atoms with Crippen molar-refractivity contribution >= 4 is 40.7 Å². The molecule has 0 atom stereocenters. The second kappa shape index (κ2) is 5.85. The molecular formula is C10H9Cl2N3O4. The van der Waals surface area contributed by atoms with Crippen molar-refractivity contribution in [2.75, 3.05) is 13.6 Å². The summed E-state index contributed by atoms with van der Waals surface area (Å²) in [5.41, 5.74) is 4.42. The first-order valence-electron chi connectivity index (χ1n) is 4.91. The van der Waals surface area contributed by atoms with Crippen molar-refractivity contribution in [3.63, 3.8) is 0 Å². The number of hydrogen-bond donors (Lipinski definition) is 1. The van der Waals surface area contributed by atoms with Crippen molar-refractivity contribution in [3.8, 4) is 0 Å². The summed E-state index contributed by atoms with van der Waals surface area (Å²) in [4.78, 5) is 33.7. The molecule has 0 spiro atoms. The Morgan fingerprint density at radius 1 is 1.42 bits per heavy atom. The number of nitro groups is 1. The van der Waals surface area contributed by atoms with E-state index >= 15 is 0 Å². The zero-order chi connectivity index (χ0) is 14.7. The van der Waals surface area contributed by atoms with Crippen molar-refractivity contribution < 1.29 is 14.5 Å². The van der Waals surface area contributed by atoms with Crippen LogP contribution in [0.4, 0.5) is 5.69 Å². The quantitative estimate of drug-likeness (QED) is 0.671. The first kappa shape index (κ1) is 15.2. The third-order valence-electron chi connectivity index (χ3n) is 2.19. The number of nitrogens with zero attached hydrogens (tertiary/aromatic N) is 2. The smallest absolute Gasteiger partial charge is 0.290 e. The summed E-state index contributed by atoms with van der Waals surface area (Å²) in [5, 5.41) is 10.4. The van der Waals surface area contributed by atoms with Crippen LogP contribution >= 0.6 is 23.2 Å². The van der Waals surface area contributed by atoms with Gasteiger partial charge in [0, 0.05) is 18.7 Å². The van der Waals surface area contributed by atoms with Crippen molar-refractivity contribution in [1.82, 2.24) is 4.90 Å². The monoisotopic (exact) mass is 305 g/mol. The molecule has 102 valence electrons. The van der Waals surface area contributed by atoms with Gasteiger partial charge in [-0.3, -0.25) is 19.7 Å². The van der Waals surface area contributed by atoms with Gasteiger partial charge in [-0.25, -0.2) is 0 Å². The number of nitrogens with two attached hydrogens (primary N) is 1. The Morgan fingerprint density at radius 2 is 2.00 bits per heavy atom. The normalized spacial score (nSPS) is 10.1. The molecule has 0 unspecified atom stereocenters. The lowest BCUT2D eigenvalue weighted by atomic mass is 10.1. The fourth-order valence-corrected chi connectivity index (χ4v) is 1.75. The van der Waals surface area contributed by atoms with Gasteiger partial charge in [0.25, 0.3) is 11.6 Å². The van der Waals surface area contributed by atoms with Gasteiger partial charge in [-0.1, -0.05) is 23.2 Å². The van der Waals surface area contributed by atoms with Crippen LogP contribution in [0.3, 0.4) is 0 Å². The van der Waals surface area contributed by atoms with E-state index in [-0.39, 0.29) is 22.2 Å². The van der Waals surface area contributed by atoms with Crippen LogP contribution in [0.2, 0.25) is 10.0 Å². The van der Waals surface area contributed by atoms with Gasteiger partial charge >= 0.3 is 0 Å². The van der Waals surface area contributed by atoms with Crippen LogP contribution in [0.15, 0.2) is 12.1 Å². The molecule has 19 heavy (non-hydrogen) atoms. The number of benzene rings is 1. The molecule has 0 heterocycles. The number of halogens is 2. The van der Waals surface area contributed by atoms with Crippen LogP contribution in [-0.4, -0.2) is 35.2 Å². The van der Waals surface area contributed by atoms with Crippen LogP contribution in [0.5, 0.6) is 0 Å². The first-order chi connectivity index (χ1) is 8.73. The SMILES string of the molecule is CN(CC(N)=O)C(=O)c1cc(Cl)c(Cl)c([N+](=O)[O-])c1. The molecule has 7 nitrogen and oxygen atoms in total. The first-order valence-corrected chi connectivity index (χ1v) is 5.66. The largest absolute Gasteiger partial charge is 0.368 e. The lowest BCUT2D eigenvalue weighted by molar-refractivity contribution is -0.384. The van der Waals surface area contributed by atoms with Crippen molar-refractivity contribution in [1.29, 1.82) is 0 Å². The van der Waals surface area contributed by atoms with Crippen molar-refractivity contribution in [3.05, 3.63) is 37.9 Å². The molecule has 9 heteroatoms. The molecule has 0 aliphatic carbocycles. The van der Waals surface area contributed by atoms with Gasteiger partial charge < -0.3 is 10.6 Å². The maximum absolute atomic E-state index is 11.9. The summed E-state index contributed by atoms with van der Waals surface area (Å²) in [6.45, 7) is -0.313. The van der Waals surface area contributed by atoms with Gasteiger partial charge in [-0.05, 0) is 6.07 Å². The summed E-state index contributed by atoms with van der Waals surface area (Å²) in [5.74, 6) is -1.33. The number of primary amides is 1. The molecule has 0 aliphatic rings. The third-order valence-corrected chi connectivity index (χ3v) is 2.98. The number of rotatable bonds is 4. The molecule has 1 aromatic carbocycles. The van der Waals surface area contributed by atoms with Gasteiger partial charge in [-0.2, -0.15) is 0 Å². The average molecular weight is 306 g/mol.